The fourth-order valence-corrected chi connectivity index (χ4v) is 1.87. The number of rotatable bonds is 1. The first kappa shape index (κ1) is 12.3. The lowest BCUT2D eigenvalue weighted by molar-refractivity contribution is 0.370. The van der Waals surface area contributed by atoms with Gasteiger partial charge in [-0.3, -0.25) is 0 Å². The molecule has 0 atom stereocenters. The summed E-state index contributed by atoms with van der Waals surface area (Å²) in [5.41, 5.74) is 2.01. The first-order chi connectivity index (χ1) is 7.65. The van der Waals surface area contributed by atoms with E-state index in [0.29, 0.717) is 0 Å². The largest absolute Gasteiger partial charge is 0.458 e. The minimum Gasteiger partial charge on any atom is -0.458 e. The Labute approximate surface area is 103 Å². The van der Waals surface area contributed by atoms with Gasteiger partial charge in [0.1, 0.15) is 11.5 Å². The molecule has 0 aliphatic heterocycles. The molecule has 2 nitrogen and oxygen atoms in total. The summed E-state index contributed by atoms with van der Waals surface area (Å²) in [6.45, 7) is 13.0. The van der Waals surface area contributed by atoms with Gasteiger partial charge in [0.2, 0.25) is 0 Å². The number of fused-ring (bicyclic) bond motifs is 1. The molecule has 0 aromatic carbocycles. The van der Waals surface area contributed by atoms with Crippen molar-refractivity contribution in [2.75, 3.05) is 0 Å². The normalized spacial score (nSPS) is 13.5. The molecular formula is C15H22O2. The van der Waals surface area contributed by atoms with E-state index in [1.807, 2.05) is 12.1 Å². The minimum absolute atomic E-state index is 0.0335. The van der Waals surface area contributed by atoms with Crippen molar-refractivity contribution in [1.82, 2.24) is 0 Å². The third-order valence-corrected chi connectivity index (χ3v) is 2.70. The Morgan fingerprint density at radius 2 is 1.47 bits per heavy atom. The zero-order valence-corrected chi connectivity index (χ0v) is 11.7. The van der Waals surface area contributed by atoms with Crippen LogP contribution in [0.25, 0.3) is 11.2 Å². The molecule has 0 N–H and O–H groups in total. The van der Waals surface area contributed by atoms with Gasteiger partial charge < -0.3 is 8.83 Å². The highest BCUT2D eigenvalue weighted by Crippen LogP contribution is 2.32. The van der Waals surface area contributed by atoms with E-state index >= 15 is 0 Å². The summed E-state index contributed by atoms with van der Waals surface area (Å²) in [4.78, 5) is 0. The number of hydrogen-bond acceptors (Lipinski definition) is 2. The summed E-state index contributed by atoms with van der Waals surface area (Å²) in [6, 6.07) is 4.04. The number of furan rings is 2. The molecule has 0 unspecified atom stereocenters. The molecule has 0 saturated heterocycles. The molecule has 2 aromatic heterocycles. The summed E-state index contributed by atoms with van der Waals surface area (Å²) in [5.74, 6) is 1.99. The van der Waals surface area contributed by atoms with E-state index in [4.69, 9.17) is 8.83 Å². The maximum absolute atomic E-state index is 5.83. The van der Waals surface area contributed by atoms with Crippen molar-refractivity contribution >= 4 is 11.2 Å². The fraction of sp³-hybridized carbons (Fsp3) is 0.600. The maximum Gasteiger partial charge on any atom is 0.172 e. The molecule has 0 spiro atoms. The van der Waals surface area contributed by atoms with Crippen molar-refractivity contribution in [3.8, 4) is 0 Å². The zero-order chi connectivity index (χ0) is 12.8. The molecule has 0 aliphatic carbocycles. The third kappa shape index (κ3) is 2.74. The van der Waals surface area contributed by atoms with Crippen molar-refractivity contribution in [2.45, 2.75) is 53.4 Å². The first-order valence-electron chi connectivity index (χ1n) is 6.18. The fourth-order valence-electron chi connectivity index (χ4n) is 1.87. The van der Waals surface area contributed by atoms with Crippen LogP contribution in [0.4, 0.5) is 0 Å². The van der Waals surface area contributed by atoms with Crippen molar-refractivity contribution in [3.63, 3.8) is 0 Å². The minimum atomic E-state index is 0.0335. The molecule has 17 heavy (non-hydrogen) atoms. The highest BCUT2D eigenvalue weighted by Gasteiger charge is 2.22. The molecule has 94 valence electrons. The smallest absolute Gasteiger partial charge is 0.172 e. The highest BCUT2D eigenvalue weighted by molar-refractivity contribution is 5.72. The highest BCUT2D eigenvalue weighted by atomic mass is 16.4. The van der Waals surface area contributed by atoms with Crippen LogP contribution in [-0.2, 0) is 11.8 Å². The van der Waals surface area contributed by atoms with E-state index in [2.05, 4.69) is 41.5 Å². The molecule has 0 fully saturated rings. The van der Waals surface area contributed by atoms with Crippen LogP contribution in [0.2, 0.25) is 0 Å². The van der Waals surface area contributed by atoms with E-state index in [9.17, 15) is 0 Å². The molecule has 2 aromatic rings. The summed E-state index contributed by atoms with van der Waals surface area (Å²) in [5, 5.41) is 0. The monoisotopic (exact) mass is 234 g/mol. The van der Waals surface area contributed by atoms with Crippen LogP contribution in [0.5, 0.6) is 0 Å². The van der Waals surface area contributed by atoms with Gasteiger partial charge in [-0.1, -0.05) is 41.5 Å². The van der Waals surface area contributed by atoms with E-state index in [1.165, 1.54) is 0 Å². The SMILES string of the molecule is CC(C)(C)Cc1cc2oc(C(C)(C)C)cc2o1. The van der Waals surface area contributed by atoms with Crippen LogP contribution in [0.3, 0.4) is 0 Å². The molecule has 2 rings (SSSR count). The van der Waals surface area contributed by atoms with Crippen LogP contribution in [-0.4, -0.2) is 0 Å². The summed E-state index contributed by atoms with van der Waals surface area (Å²) in [6.07, 6.45) is 0.933. The van der Waals surface area contributed by atoms with Gasteiger partial charge in [-0.15, -0.1) is 0 Å². The predicted molar refractivity (Wildman–Crippen MR) is 70.3 cm³/mol. The van der Waals surface area contributed by atoms with Crippen LogP contribution < -0.4 is 0 Å². The van der Waals surface area contributed by atoms with Crippen LogP contribution in [0.1, 0.15) is 53.1 Å². The predicted octanol–water partition coefficient (Wildman–Crippen LogP) is 4.91. The molecule has 0 radical (unpaired) electrons. The van der Waals surface area contributed by atoms with E-state index in [0.717, 1.165) is 29.1 Å². The van der Waals surface area contributed by atoms with Crippen molar-refractivity contribution in [1.29, 1.82) is 0 Å². The molecule has 0 aliphatic rings. The Morgan fingerprint density at radius 3 is 1.94 bits per heavy atom. The van der Waals surface area contributed by atoms with Gasteiger partial charge in [0.15, 0.2) is 11.2 Å². The summed E-state index contributed by atoms with van der Waals surface area (Å²) in [7, 11) is 0. The lowest BCUT2D eigenvalue weighted by Gasteiger charge is -2.15. The summed E-state index contributed by atoms with van der Waals surface area (Å²) >= 11 is 0. The molecular weight excluding hydrogens is 212 g/mol. The van der Waals surface area contributed by atoms with E-state index < -0.39 is 0 Å². The van der Waals surface area contributed by atoms with Gasteiger partial charge in [-0.25, -0.2) is 0 Å². The van der Waals surface area contributed by atoms with Crippen molar-refractivity contribution < 1.29 is 8.83 Å². The average molecular weight is 234 g/mol. The molecule has 0 bridgehead atoms. The Bertz CT molecular complexity index is 484. The number of hydrogen-bond donors (Lipinski definition) is 0. The van der Waals surface area contributed by atoms with Gasteiger partial charge >= 0.3 is 0 Å². The second-order valence-corrected chi connectivity index (χ2v) is 7.04. The van der Waals surface area contributed by atoms with Crippen LogP contribution in [0.15, 0.2) is 21.0 Å². The first-order valence-corrected chi connectivity index (χ1v) is 6.18. The zero-order valence-electron chi connectivity index (χ0n) is 11.7. The Balaban J connectivity index is 2.32. The average Bonchev–Trinajstić information content (AvgIpc) is 2.55. The van der Waals surface area contributed by atoms with Gasteiger partial charge in [-0.05, 0) is 5.41 Å². The Hall–Kier alpha value is -1.18. The van der Waals surface area contributed by atoms with Gasteiger partial charge in [0, 0.05) is 24.0 Å². The second kappa shape index (κ2) is 3.66. The van der Waals surface area contributed by atoms with E-state index in [1.54, 1.807) is 0 Å². The van der Waals surface area contributed by atoms with Crippen LogP contribution >= 0.6 is 0 Å². The maximum atomic E-state index is 5.83. The lowest BCUT2D eigenvalue weighted by atomic mass is 9.91. The molecule has 0 amide bonds. The summed E-state index contributed by atoms with van der Waals surface area (Å²) < 4.78 is 11.7. The standard InChI is InChI=1S/C15H22O2/c1-14(2,3)9-10-7-11-12(16-10)8-13(17-11)15(4,5)6/h7-8H,9H2,1-6H3. The molecule has 0 saturated carbocycles. The van der Waals surface area contributed by atoms with E-state index in [-0.39, 0.29) is 10.8 Å². The van der Waals surface area contributed by atoms with Gasteiger partial charge in [0.05, 0.1) is 0 Å². The topological polar surface area (TPSA) is 26.3 Å². The second-order valence-electron chi connectivity index (χ2n) is 7.04. The van der Waals surface area contributed by atoms with Crippen molar-refractivity contribution in [3.05, 3.63) is 23.7 Å². The van der Waals surface area contributed by atoms with Gasteiger partial charge in [-0.2, -0.15) is 0 Å². The Morgan fingerprint density at radius 1 is 0.882 bits per heavy atom. The molecule has 2 heteroatoms. The van der Waals surface area contributed by atoms with Crippen molar-refractivity contribution in [2.24, 2.45) is 5.41 Å². The van der Waals surface area contributed by atoms with Crippen LogP contribution in [0, 0.1) is 5.41 Å². The van der Waals surface area contributed by atoms with Gasteiger partial charge in [0.25, 0.3) is 0 Å². The quantitative estimate of drug-likeness (QED) is 0.700. The lowest BCUT2D eigenvalue weighted by Crippen LogP contribution is -2.09. The molecule has 2 heterocycles. The Kier molecular flexibility index (Phi) is 2.64. The third-order valence-electron chi connectivity index (χ3n) is 2.70.